The van der Waals surface area contributed by atoms with Gasteiger partial charge in [0.15, 0.2) is 0 Å². The first-order valence-electron chi connectivity index (χ1n) is 4.70. The second kappa shape index (κ2) is 5.50. The highest BCUT2D eigenvalue weighted by molar-refractivity contribution is 8.00. The van der Waals surface area contributed by atoms with Crippen molar-refractivity contribution in [3.05, 3.63) is 0 Å². The SMILES string of the molecule is CCC(SCC1CCCO1)C(=O)O. The second-order valence-electron chi connectivity index (χ2n) is 3.20. The summed E-state index contributed by atoms with van der Waals surface area (Å²) in [7, 11) is 0. The predicted molar refractivity (Wildman–Crippen MR) is 53.1 cm³/mol. The van der Waals surface area contributed by atoms with Gasteiger partial charge in [-0.2, -0.15) is 0 Å². The Kier molecular flexibility index (Phi) is 4.59. The van der Waals surface area contributed by atoms with Gasteiger partial charge in [0.1, 0.15) is 5.25 Å². The number of hydrogen-bond donors (Lipinski definition) is 1. The van der Waals surface area contributed by atoms with Crippen molar-refractivity contribution in [1.29, 1.82) is 0 Å². The van der Waals surface area contributed by atoms with E-state index in [0.717, 1.165) is 25.2 Å². The van der Waals surface area contributed by atoms with Crippen LogP contribution in [0.2, 0.25) is 0 Å². The lowest BCUT2D eigenvalue weighted by molar-refractivity contribution is -0.136. The molecule has 2 atom stereocenters. The lowest BCUT2D eigenvalue weighted by atomic mass is 10.3. The molecule has 1 heterocycles. The number of rotatable bonds is 5. The fourth-order valence-electron chi connectivity index (χ4n) is 1.36. The number of thioether (sulfide) groups is 1. The highest BCUT2D eigenvalue weighted by Crippen LogP contribution is 2.21. The number of aliphatic carboxylic acids is 1. The monoisotopic (exact) mass is 204 g/mol. The van der Waals surface area contributed by atoms with Gasteiger partial charge >= 0.3 is 5.97 Å². The topological polar surface area (TPSA) is 46.5 Å². The first-order valence-corrected chi connectivity index (χ1v) is 5.75. The molecule has 0 amide bonds. The molecule has 1 fully saturated rings. The molecule has 2 unspecified atom stereocenters. The van der Waals surface area contributed by atoms with Gasteiger partial charge in [0.05, 0.1) is 6.10 Å². The van der Waals surface area contributed by atoms with E-state index < -0.39 is 5.97 Å². The van der Waals surface area contributed by atoms with E-state index >= 15 is 0 Å². The van der Waals surface area contributed by atoms with Crippen LogP contribution in [0, 0.1) is 0 Å². The van der Waals surface area contributed by atoms with Gasteiger partial charge in [0.25, 0.3) is 0 Å². The van der Waals surface area contributed by atoms with E-state index in [1.165, 1.54) is 11.8 Å². The van der Waals surface area contributed by atoms with Crippen LogP contribution in [0.5, 0.6) is 0 Å². The minimum atomic E-state index is -0.703. The number of hydrogen-bond acceptors (Lipinski definition) is 3. The largest absolute Gasteiger partial charge is 0.480 e. The normalized spacial score (nSPS) is 24.5. The van der Waals surface area contributed by atoms with Crippen molar-refractivity contribution < 1.29 is 14.6 Å². The molecule has 76 valence electrons. The first kappa shape index (κ1) is 10.9. The molecule has 0 aromatic carbocycles. The van der Waals surface area contributed by atoms with Gasteiger partial charge in [0, 0.05) is 12.4 Å². The van der Waals surface area contributed by atoms with Gasteiger partial charge in [-0.15, -0.1) is 11.8 Å². The van der Waals surface area contributed by atoms with Crippen molar-refractivity contribution in [2.24, 2.45) is 0 Å². The van der Waals surface area contributed by atoms with Crippen LogP contribution >= 0.6 is 11.8 Å². The summed E-state index contributed by atoms with van der Waals surface area (Å²) in [6, 6.07) is 0. The van der Waals surface area contributed by atoms with E-state index in [1.807, 2.05) is 6.92 Å². The molecule has 0 spiro atoms. The molecule has 1 aliphatic rings. The molecule has 3 nitrogen and oxygen atoms in total. The molecule has 0 radical (unpaired) electrons. The first-order chi connectivity index (χ1) is 6.24. The van der Waals surface area contributed by atoms with Crippen LogP contribution in [0.3, 0.4) is 0 Å². The van der Waals surface area contributed by atoms with E-state index in [-0.39, 0.29) is 5.25 Å². The van der Waals surface area contributed by atoms with Crippen molar-refractivity contribution in [3.63, 3.8) is 0 Å². The van der Waals surface area contributed by atoms with Crippen LogP contribution in [-0.2, 0) is 9.53 Å². The zero-order valence-electron chi connectivity index (χ0n) is 7.86. The molecule has 1 rings (SSSR count). The smallest absolute Gasteiger partial charge is 0.316 e. The maximum Gasteiger partial charge on any atom is 0.316 e. The average Bonchev–Trinajstić information content (AvgIpc) is 2.57. The Balaban J connectivity index is 2.18. The van der Waals surface area contributed by atoms with Crippen LogP contribution < -0.4 is 0 Å². The summed E-state index contributed by atoms with van der Waals surface area (Å²) in [5.41, 5.74) is 0. The zero-order valence-corrected chi connectivity index (χ0v) is 8.68. The van der Waals surface area contributed by atoms with E-state index in [4.69, 9.17) is 9.84 Å². The molecule has 0 bridgehead atoms. The summed E-state index contributed by atoms with van der Waals surface area (Å²) in [6.07, 6.45) is 3.18. The van der Waals surface area contributed by atoms with Crippen LogP contribution in [0.1, 0.15) is 26.2 Å². The third kappa shape index (κ3) is 3.56. The average molecular weight is 204 g/mol. The van der Waals surface area contributed by atoms with Crippen molar-refractivity contribution in [2.45, 2.75) is 37.5 Å². The highest BCUT2D eigenvalue weighted by atomic mass is 32.2. The third-order valence-electron chi connectivity index (χ3n) is 2.15. The van der Waals surface area contributed by atoms with Crippen molar-refractivity contribution in [1.82, 2.24) is 0 Å². The van der Waals surface area contributed by atoms with Gasteiger partial charge in [-0.3, -0.25) is 4.79 Å². The predicted octanol–water partition coefficient (Wildman–Crippen LogP) is 1.76. The molecule has 4 heteroatoms. The summed E-state index contributed by atoms with van der Waals surface area (Å²) in [6.45, 7) is 2.75. The van der Waals surface area contributed by atoms with E-state index in [9.17, 15) is 4.79 Å². The van der Waals surface area contributed by atoms with E-state index in [0.29, 0.717) is 12.5 Å². The quantitative estimate of drug-likeness (QED) is 0.741. The van der Waals surface area contributed by atoms with Gasteiger partial charge in [-0.25, -0.2) is 0 Å². The molecule has 1 saturated heterocycles. The Hall–Kier alpha value is -0.220. The second-order valence-corrected chi connectivity index (χ2v) is 4.44. The molecule has 0 aromatic rings. The molecule has 1 aliphatic heterocycles. The van der Waals surface area contributed by atoms with Crippen LogP contribution in [0.4, 0.5) is 0 Å². The van der Waals surface area contributed by atoms with Crippen LogP contribution in [-0.4, -0.2) is 34.8 Å². The van der Waals surface area contributed by atoms with Gasteiger partial charge < -0.3 is 9.84 Å². The Morgan fingerprint density at radius 3 is 3.00 bits per heavy atom. The number of ether oxygens (including phenoxy) is 1. The summed E-state index contributed by atoms with van der Waals surface area (Å²) in [5.74, 6) is 0.121. The van der Waals surface area contributed by atoms with Gasteiger partial charge in [0.2, 0.25) is 0 Å². The van der Waals surface area contributed by atoms with Crippen molar-refractivity contribution in [3.8, 4) is 0 Å². The Morgan fingerprint density at radius 1 is 1.77 bits per heavy atom. The minimum Gasteiger partial charge on any atom is -0.480 e. The number of carbonyl (C=O) groups is 1. The molecular weight excluding hydrogens is 188 g/mol. The Morgan fingerprint density at radius 2 is 2.54 bits per heavy atom. The maximum absolute atomic E-state index is 10.7. The fraction of sp³-hybridized carbons (Fsp3) is 0.889. The van der Waals surface area contributed by atoms with E-state index in [2.05, 4.69) is 0 Å². The Labute approximate surface area is 82.8 Å². The molecular formula is C9H16O3S. The highest BCUT2D eigenvalue weighted by Gasteiger charge is 2.20. The molecule has 0 aromatic heterocycles. The van der Waals surface area contributed by atoms with Crippen molar-refractivity contribution in [2.75, 3.05) is 12.4 Å². The number of carboxylic acid groups (broad SMARTS) is 1. The summed E-state index contributed by atoms with van der Waals surface area (Å²) >= 11 is 1.50. The third-order valence-corrected chi connectivity index (χ3v) is 3.66. The lowest BCUT2D eigenvalue weighted by Crippen LogP contribution is -2.19. The minimum absolute atomic E-state index is 0.260. The summed E-state index contributed by atoms with van der Waals surface area (Å²) in [4.78, 5) is 10.7. The summed E-state index contributed by atoms with van der Waals surface area (Å²) in [5, 5.41) is 8.53. The van der Waals surface area contributed by atoms with Crippen LogP contribution in [0.15, 0.2) is 0 Å². The molecule has 1 N–H and O–H groups in total. The molecule has 0 saturated carbocycles. The van der Waals surface area contributed by atoms with Crippen molar-refractivity contribution >= 4 is 17.7 Å². The summed E-state index contributed by atoms with van der Waals surface area (Å²) < 4.78 is 5.41. The van der Waals surface area contributed by atoms with Gasteiger partial charge in [-0.05, 0) is 19.3 Å². The standard InChI is InChI=1S/C9H16O3S/c1-2-8(9(10)11)13-6-7-4-3-5-12-7/h7-8H,2-6H2,1H3,(H,10,11). The zero-order chi connectivity index (χ0) is 9.68. The van der Waals surface area contributed by atoms with E-state index in [1.54, 1.807) is 0 Å². The van der Waals surface area contributed by atoms with Crippen LogP contribution in [0.25, 0.3) is 0 Å². The lowest BCUT2D eigenvalue weighted by Gasteiger charge is -2.12. The number of carboxylic acids is 1. The Bertz CT molecular complexity index is 166. The molecule has 0 aliphatic carbocycles. The maximum atomic E-state index is 10.7. The van der Waals surface area contributed by atoms with Gasteiger partial charge in [-0.1, -0.05) is 6.92 Å². The molecule has 13 heavy (non-hydrogen) atoms. The fourth-order valence-corrected chi connectivity index (χ4v) is 2.45.